The normalized spacial score (nSPS) is 10.6. The summed E-state index contributed by atoms with van der Waals surface area (Å²) in [6.07, 6.45) is 0.179. The number of rotatable bonds is 8. The van der Waals surface area contributed by atoms with E-state index in [4.69, 9.17) is 4.74 Å². The van der Waals surface area contributed by atoms with Crippen LogP contribution < -0.4 is 10.2 Å². The highest BCUT2D eigenvalue weighted by molar-refractivity contribution is 7.08. The molecule has 0 saturated carbocycles. The molecule has 1 N–H and O–H groups in total. The highest BCUT2D eigenvalue weighted by Crippen LogP contribution is 2.23. The Hall–Kier alpha value is -3.12. The van der Waals surface area contributed by atoms with Crippen molar-refractivity contribution in [3.05, 3.63) is 77.0 Å². The summed E-state index contributed by atoms with van der Waals surface area (Å²) in [5.41, 5.74) is 3.58. The predicted molar refractivity (Wildman–Crippen MR) is 118 cm³/mol. The lowest BCUT2D eigenvalue weighted by atomic mass is 10.2. The van der Waals surface area contributed by atoms with Gasteiger partial charge in [-0.15, -0.1) is 0 Å². The van der Waals surface area contributed by atoms with E-state index in [-0.39, 0.29) is 25.0 Å². The molecule has 0 aliphatic carbocycles. The van der Waals surface area contributed by atoms with Gasteiger partial charge in [-0.1, -0.05) is 18.2 Å². The molecule has 0 saturated heterocycles. The summed E-state index contributed by atoms with van der Waals surface area (Å²) in [5.74, 6) is -0.648. The molecule has 150 valence electrons. The number of carbonyl (C=O) groups excluding carboxylic acids is 2. The highest BCUT2D eigenvalue weighted by atomic mass is 32.1. The zero-order valence-electron chi connectivity index (χ0n) is 16.5. The van der Waals surface area contributed by atoms with Gasteiger partial charge in [0.25, 0.3) is 5.91 Å². The average molecular weight is 409 g/mol. The quantitative estimate of drug-likeness (QED) is 0.532. The van der Waals surface area contributed by atoms with Crippen molar-refractivity contribution < 1.29 is 14.3 Å². The lowest BCUT2D eigenvalue weighted by molar-refractivity contribution is -0.147. The van der Waals surface area contributed by atoms with E-state index in [1.807, 2.05) is 85.3 Å². The van der Waals surface area contributed by atoms with Crippen LogP contribution in [0.4, 0.5) is 17.1 Å². The van der Waals surface area contributed by atoms with Gasteiger partial charge >= 0.3 is 5.97 Å². The van der Waals surface area contributed by atoms with Crippen LogP contribution in [-0.4, -0.2) is 24.5 Å². The maximum Gasteiger partial charge on any atom is 0.310 e. The number of nitrogens with zero attached hydrogens (tertiary/aromatic N) is 1. The first-order chi connectivity index (χ1) is 14.0. The van der Waals surface area contributed by atoms with Crippen LogP contribution in [0.3, 0.4) is 0 Å². The van der Waals surface area contributed by atoms with Crippen molar-refractivity contribution in [3.8, 4) is 0 Å². The third kappa shape index (κ3) is 5.93. The van der Waals surface area contributed by atoms with Crippen LogP contribution in [0.25, 0.3) is 0 Å². The van der Waals surface area contributed by atoms with Crippen molar-refractivity contribution in [1.82, 2.24) is 0 Å². The Labute approximate surface area is 174 Å². The number of benzene rings is 2. The zero-order chi connectivity index (χ0) is 20.6. The standard InChI is InChI=1S/C23H24N2O3S/c1-17(2)25(22(26)15-28-23(27)14-18-12-13-29-16-18)21-10-8-20(9-11-21)24-19-6-4-3-5-7-19/h3-13,16-17,24H,14-15H2,1-2H3. The van der Waals surface area contributed by atoms with Crippen LogP contribution in [-0.2, 0) is 20.7 Å². The maximum atomic E-state index is 12.7. The van der Waals surface area contributed by atoms with Gasteiger partial charge in [-0.25, -0.2) is 0 Å². The van der Waals surface area contributed by atoms with E-state index in [0.717, 1.165) is 22.6 Å². The van der Waals surface area contributed by atoms with Gasteiger partial charge in [0.05, 0.1) is 6.42 Å². The van der Waals surface area contributed by atoms with Crippen LogP contribution in [0.1, 0.15) is 19.4 Å². The van der Waals surface area contributed by atoms with Crippen LogP contribution in [0.2, 0.25) is 0 Å². The van der Waals surface area contributed by atoms with E-state index in [9.17, 15) is 9.59 Å². The third-order valence-corrected chi connectivity index (χ3v) is 5.01. The molecule has 0 fully saturated rings. The average Bonchev–Trinajstić information content (AvgIpc) is 3.21. The summed E-state index contributed by atoms with van der Waals surface area (Å²) in [6, 6.07) is 19.3. The van der Waals surface area contributed by atoms with E-state index >= 15 is 0 Å². The number of para-hydroxylation sites is 1. The Balaban J connectivity index is 1.60. The molecule has 0 unspecified atom stereocenters. The minimum atomic E-state index is -0.400. The molecule has 0 bridgehead atoms. The minimum absolute atomic E-state index is 0.0639. The summed E-state index contributed by atoms with van der Waals surface area (Å²) < 4.78 is 5.19. The van der Waals surface area contributed by atoms with Crippen molar-refractivity contribution in [2.45, 2.75) is 26.3 Å². The van der Waals surface area contributed by atoms with Gasteiger partial charge in [-0.05, 0) is 72.6 Å². The summed E-state index contributed by atoms with van der Waals surface area (Å²) >= 11 is 1.53. The molecule has 1 amide bonds. The van der Waals surface area contributed by atoms with Crippen molar-refractivity contribution in [2.24, 2.45) is 0 Å². The first-order valence-electron chi connectivity index (χ1n) is 9.44. The Morgan fingerprint density at radius 2 is 1.69 bits per heavy atom. The molecular weight excluding hydrogens is 384 g/mol. The number of esters is 1. The number of ether oxygens (including phenoxy) is 1. The second-order valence-corrected chi connectivity index (χ2v) is 7.64. The first-order valence-corrected chi connectivity index (χ1v) is 10.4. The fourth-order valence-electron chi connectivity index (χ4n) is 2.95. The van der Waals surface area contributed by atoms with Gasteiger partial charge in [-0.2, -0.15) is 11.3 Å². The smallest absolute Gasteiger partial charge is 0.310 e. The molecule has 6 heteroatoms. The van der Waals surface area contributed by atoms with Gasteiger partial charge in [0.2, 0.25) is 0 Å². The molecule has 0 atom stereocenters. The third-order valence-electron chi connectivity index (χ3n) is 4.28. The van der Waals surface area contributed by atoms with Gasteiger partial charge in [0, 0.05) is 23.1 Å². The topological polar surface area (TPSA) is 58.6 Å². The van der Waals surface area contributed by atoms with Crippen molar-refractivity contribution in [3.63, 3.8) is 0 Å². The van der Waals surface area contributed by atoms with E-state index in [0.29, 0.717) is 0 Å². The monoisotopic (exact) mass is 408 g/mol. The van der Waals surface area contributed by atoms with Gasteiger partial charge in [0.1, 0.15) is 0 Å². The molecule has 1 aromatic heterocycles. The molecule has 3 aromatic rings. The predicted octanol–water partition coefficient (Wildman–Crippen LogP) is 5.02. The number of hydrogen-bond acceptors (Lipinski definition) is 5. The fourth-order valence-corrected chi connectivity index (χ4v) is 3.61. The first kappa shape index (κ1) is 20.6. The molecule has 0 radical (unpaired) electrons. The number of nitrogens with one attached hydrogen (secondary N) is 1. The summed E-state index contributed by atoms with van der Waals surface area (Å²) in [4.78, 5) is 26.3. The Morgan fingerprint density at radius 3 is 2.31 bits per heavy atom. The highest BCUT2D eigenvalue weighted by Gasteiger charge is 2.20. The molecule has 2 aromatic carbocycles. The molecule has 1 heterocycles. The molecule has 0 aliphatic rings. The number of anilines is 3. The zero-order valence-corrected chi connectivity index (χ0v) is 17.3. The molecule has 5 nitrogen and oxygen atoms in total. The van der Waals surface area contributed by atoms with Crippen molar-refractivity contribution >= 4 is 40.3 Å². The Bertz CT molecular complexity index is 923. The minimum Gasteiger partial charge on any atom is -0.455 e. The molecule has 3 rings (SSSR count). The Kier molecular flexibility index (Phi) is 7.03. The number of hydrogen-bond donors (Lipinski definition) is 1. The van der Waals surface area contributed by atoms with Crippen molar-refractivity contribution in [1.29, 1.82) is 0 Å². The summed E-state index contributed by atoms with van der Waals surface area (Å²) in [7, 11) is 0. The van der Waals surface area contributed by atoms with Crippen LogP contribution in [0.15, 0.2) is 71.4 Å². The van der Waals surface area contributed by atoms with Gasteiger partial charge in [0.15, 0.2) is 6.61 Å². The molecule has 0 spiro atoms. The molecule has 0 aliphatic heterocycles. The van der Waals surface area contributed by atoms with Crippen LogP contribution in [0, 0.1) is 0 Å². The lowest BCUT2D eigenvalue weighted by Crippen LogP contribution is -2.40. The maximum absolute atomic E-state index is 12.7. The largest absolute Gasteiger partial charge is 0.455 e. The second-order valence-electron chi connectivity index (χ2n) is 6.86. The van der Waals surface area contributed by atoms with Crippen LogP contribution in [0.5, 0.6) is 0 Å². The van der Waals surface area contributed by atoms with Crippen LogP contribution >= 0.6 is 11.3 Å². The SMILES string of the molecule is CC(C)N(C(=O)COC(=O)Cc1ccsc1)c1ccc(Nc2ccccc2)cc1. The molecular formula is C23H24N2O3S. The second kappa shape index (κ2) is 9.89. The van der Waals surface area contributed by atoms with E-state index in [1.54, 1.807) is 4.90 Å². The number of thiophene rings is 1. The Morgan fingerprint density at radius 1 is 1.00 bits per heavy atom. The van der Waals surface area contributed by atoms with Gasteiger partial charge < -0.3 is 15.0 Å². The number of amides is 1. The lowest BCUT2D eigenvalue weighted by Gasteiger charge is -2.27. The van der Waals surface area contributed by atoms with Gasteiger partial charge in [-0.3, -0.25) is 9.59 Å². The summed E-state index contributed by atoms with van der Waals surface area (Å²) in [5, 5.41) is 7.12. The van der Waals surface area contributed by atoms with E-state index in [1.165, 1.54) is 11.3 Å². The van der Waals surface area contributed by atoms with E-state index < -0.39 is 5.97 Å². The fraction of sp³-hybridized carbons (Fsp3) is 0.217. The number of carbonyl (C=O) groups is 2. The summed E-state index contributed by atoms with van der Waals surface area (Å²) in [6.45, 7) is 3.59. The van der Waals surface area contributed by atoms with Crippen molar-refractivity contribution in [2.75, 3.05) is 16.8 Å². The molecule has 29 heavy (non-hydrogen) atoms. The van der Waals surface area contributed by atoms with E-state index in [2.05, 4.69) is 5.32 Å².